The van der Waals surface area contributed by atoms with Crippen LogP contribution in [-0.2, 0) is 6.42 Å². The van der Waals surface area contributed by atoms with Gasteiger partial charge in [-0.2, -0.15) is 0 Å². The second kappa shape index (κ2) is 4.58. The Labute approximate surface area is 83.6 Å². The van der Waals surface area contributed by atoms with E-state index in [1.807, 2.05) is 32.1 Å². The van der Waals surface area contributed by atoms with Crippen molar-refractivity contribution in [2.24, 2.45) is 5.73 Å². The molecule has 0 saturated heterocycles. The van der Waals surface area contributed by atoms with E-state index >= 15 is 0 Å². The zero-order valence-corrected chi connectivity index (χ0v) is 9.27. The summed E-state index contributed by atoms with van der Waals surface area (Å²) < 4.78 is 0. The van der Waals surface area contributed by atoms with Crippen LogP contribution in [0.3, 0.4) is 0 Å². The van der Waals surface area contributed by atoms with Gasteiger partial charge in [0.25, 0.3) is 0 Å². The van der Waals surface area contributed by atoms with Gasteiger partial charge in [0, 0.05) is 31.2 Å². The van der Waals surface area contributed by atoms with Crippen molar-refractivity contribution in [3.63, 3.8) is 0 Å². The van der Waals surface area contributed by atoms with Crippen LogP contribution in [0, 0.1) is 0 Å². The smallest absolute Gasteiger partial charge is 0.184 e. The molecule has 0 aromatic carbocycles. The fourth-order valence-corrected chi connectivity index (χ4v) is 1.84. The van der Waals surface area contributed by atoms with Gasteiger partial charge in [-0.05, 0) is 19.8 Å². The van der Waals surface area contributed by atoms with Crippen LogP contribution in [0.1, 0.15) is 18.2 Å². The van der Waals surface area contributed by atoms with Crippen molar-refractivity contribution in [1.29, 1.82) is 0 Å². The Hall–Kier alpha value is -0.610. The number of nitrogens with two attached hydrogens (primary N) is 1. The Morgan fingerprint density at radius 1 is 1.62 bits per heavy atom. The van der Waals surface area contributed by atoms with E-state index in [1.165, 1.54) is 4.88 Å². The lowest BCUT2D eigenvalue weighted by atomic mass is 10.2. The van der Waals surface area contributed by atoms with Crippen LogP contribution in [0.25, 0.3) is 0 Å². The number of rotatable bonds is 4. The van der Waals surface area contributed by atoms with Crippen molar-refractivity contribution in [2.75, 3.05) is 19.0 Å². The Morgan fingerprint density at radius 3 is 2.77 bits per heavy atom. The van der Waals surface area contributed by atoms with Crippen LogP contribution >= 0.6 is 11.3 Å². The zero-order valence-electron chi connectivity index (χ0n) is 8.45. The number of aromatic nitrogens is 1. The molecule has 0 aliphatic carbocycles. The van der Waals surface area contributed by atoms with Gasteiger partial charge in [-0.3, -0.25) is 0 Å². The van der Waals surface area contributed by atoms with E-state index in [0.717, 1.165) is 18.0 Å². The third-order valence-electron chi connectivity index (χ3n) is 1.77. The quantitative estimate of drug-likeness (QED) is 0.799. The van der Waals surface area contributed by atoms with E-state index in [4.69, 9.17) is 5.73 Å². The largest absolute Gasteiger partial charge is 0.354 e. The summed E-state index contributed by atoms with van der Waals surface area (Å²) in [5.41, 5.74) is 5.68. The molecule has 0 fully saturated rings. The summed E-state index contributed by atoms with van der Waals surface area (Å²) in [6.07, 6.45) is 4.03. The number of nitrogens with zero attached hydrogens (tertiary/aromatic N) is 2. The lowest BCUT2D eigenvalue weighted by molar-refractivity contribution is 0.670. The minimum Gasteiger partial charge on any atom is -0.354 e. The van der Waals surface area contributed by atoms with Crippen LogP contribution in [0.2, 0.25) is 0 Å². The molecular weight excluding hydrogens is 182 g/mol. The first-order valence-corrected chi connectivity index (χ1v) is 5.29. The lowest BCUT2D eigenvalue weighted by Crippen LogP contribution is -2.14. The van der Waals surface area contributed by atoms with Crippen LogP contribution in [0.15, 0.2) is 6.20 Å². The van der Waals surface area contributed by atoms with Gasteiger partial charge in [0.1, 0.15) is 0 Å². The van der Waals surface area contributed by atoms with Crippen LogP contribution in [0.4, 0.5) is 5.13 Å². The molecule has 1 unspecified atom stereocenters. The zero-order chi connectivity index (χ0) is 9.84. The second-order valence-corrected chi connectivity index (χ2v) is 4.61. The third-order valence-corrected chi connectivity index (χ3v) is 2.99. The van der Waals surface area contributed by atoms with E-state index in [9.17, 15) is 0 Å². The summed E-state index contributed by atoms with van der Waals surface area (Å²) >= 11 is 1.74. The average molecular weight is 199 g/mol. The predicted octanol–water partition coefficient (Wildman–Crippen LogP) is 1.49. The molecule has 74 valence electrons. The maximum absolute atomic E-state index is 5.68. The Morgan fingerprint density at radius 2 is 2.31 bits per heavy atom. The summed E-state index contributed by atoms with van der Waals surface area (Å²) in [5, 5.41) is 1.07. The van der Waals surface area contributed by atoms with Crippen molar-refractivity contribution < 1.29 is 0 Å². The lowest BCUT2D eigenvalue weighted by Gasteiger charge is -2.05. The van der Waals surface area contributed by atoms with Gasteiger partial charge in [0.05, 0.1) is 0 Å². The highest BCUT2D eigenvalue weighted by Crippen LogP contribution is 2.21. The molecule has 3 nitrogen and oxygen atoms in total. The highest BCUT2D eigenvalue weighted by molar-refractivity contribution is 7.15. The van der Waals surface area contributed by atoms with Gasteiger partial charge in [-0.1, -0.05) is 0 Å². The fourth-order valence-electron chi connectivity index (χ4n) is 0.989. The Balaban J connectivity index is 2.49. The van der Waals surface area contributed by atoms with Crippen molar-refractivity contribution >= 4 is 16.5 Å². The molecule has 0 amide bonds. The molecule has 0 radical (unpaired) electrons. The Kier molecular flexibility index (Phi) is 3.69. The summed E-state index contributed by atoms with van der Waals surface area (Å²) in [5.74, 6) is 0. The van der Waals surface area contributed by atoms with Crippen LogP contribution in [-0.4, -0.2) is 25.1 Å². The van der Waals surface area contributed by atoms with Crippen molar-refractivity contribution in [3.8, 4) is 0 Å². The first-order valence-electron chi connectivity index (χ1n) is 4.47. The van der Waals surface area contributed by atoms with E-state index in [2.05, 4.69) is 4.98 Å². The van der Waals surface area contributed by atoms with Crippen molar-refractivity contribution in [2.45, 2.75) is 25.8 Å². The van der Waals surface area contributed by atoms with Crippen molar-refractivity contribution in [1.82, 2.24) is 4.98 Å². The second-order valence-electron chi connectivity index (χ2n) is 3.52. The molecule has 13 heavy (non-hydrogen) atoms. The predicted molar refractivity (Wildman–Crippen MR) is 58.4 cm³/mol. The number of aryl methyl sites for hydroxylation is 1. The molecule has 1 heterocycles. The van der Waals surface area contributed by atoms with E-state index in [-0.39, 0.29) is 6.04 Å². The molecule has 0 aliphatic rings. The number of anilines is 1. The van der Waals surface area contributed by atoms with Gasteiger partial charge >= 0.3 is 0 Å². The molecule has 0 bridgehead atoms. The van der Waals surface area contributed by atoms with E-state index < -0.39 is 0 Å². The SMILES string of the molecule is CC(N)CCc1cnc(N(C)C)s1. The molecule has 0 saturated carbocycles. The highest BCUT2D eigenvalue weighted by atomic mass is 32.1. The molecule has 1 aromatic rings. The standard InChI is InChI=1S/C9H17N3S/c1-7(10)4-5-8-6-11-9(13-8)12(2)3/h6-7H,4-5,10H2,1-3H3. The summed E-state index contributed by atoms with van der Waals surface area (Å²) in [6, 6.07) is 0.282. The topological polar surface area (TPSA) is 42.1 Å². The summed E-state index contributed by atoms with van der Waals surface area (Å²) in [7, 11) is 4.02. The average Bonchev–Trinajstić information content (AvgIpc) is 2.48. The summed E-state index contributed by atoms with van der Waals surface area (Å²) in [6.45, 7) is 2.04. The fraction of sp³-hybridized carbons (Fsp3) is 0.667. The normalized spacial score (nSPS) is 12.9. The maximum Gasteiger partial charge on any atom is 0.184 e. The number of thiazole rings is 1. The molecule has 0 aliphatic heterocycles. The highest BCUT2D eigenvalue weighted by Gasteiger charge is 2.04. The van der Waals surface area contributed by atoms with E-state index in [0.29, 0.717) is 0 Å². The van der Waals surface area contributed by atoms with Crippen LogP contribution < -0.4 is 10.6 Å². The monoisotopic (exact) mass is 199 g/mol. The number of hydrogen-bond acceptors (Lipinski definition) is 4. The van der Waals surface area contributed by atoms with Gasteiger partial charge in [0.2, 0.25) is 0 Å². The van der Waals surface area contributed by atoms with E-state index in [1.54, 1.807) is 11.3 Å². The third kappa shape index (κ3) is 3.32. The molecule has 1 aromatic heterocycles. The molecule has 1 rings (SSSR count). The van der Waals surface area contributed by atoms with Gasteiger partial charge in [-0.15, -0.1) is 11.3 Å². The Bertz CT molecular complexity index is 255. The maximum atomic E-state index is 5.68. The minimum atomic E-state index is 0.282. The van der Waals surface area contributed by atoms with Crippen molar-refractivity contribution in [3.05, 3.63) is 11.1 Å². The van der Waals surface area contributed by atoms with Crippen LogP contribution in [0.5, 0.6) is 0 Å². The molecule has 0 spiro atoms. The molecule has 2 N–H and O–H groups in total. The minimum absolute atomic E-state index is 0.282. The molecule has 1 atom stereocenters. The van der Waals surface area contributed by atoms with Gasteiger partial charge < -0.3 is 10.6 Å². The number of hydrogen-bond donors (Lipinski definition) is 1. The van der Waals surface area contributed by atoms with Gasteiger partial charge in [-0.25, -0.2) is 4.98 Å². The molecule has 4 heteroatoms. The molecular formula is C9H17N3S. The summed E-state index contributed by atoms with van der Waals surface area (Å²) in [4.78, 5) is 7.65. The first-order chi connectivity index (χ1) is 6.09. The van der Waals surface area contributed by atoms with Gasteiger partial charge in [0.15, 0.2) is 5.13 Å². The first kappa shape index (κ1) is 10.5.